The topological polar surface area (TPSA) is 52.3 Å². The first-order valence-corrected chi connectivity index (χ1v) is 6.43. The standard InChI is InChI=1S/C11H13ClFNO2S/c1-16-11(15)9(14)6-17-5-7-3-2-4-8(13)10(7)12/h2-4,9H,5-6,14H2,1H3. The summed E-state index contributed by atoms with van der Waals surface area (Å²) in [4.78, 5) is 11.0. The number of hydrogen-bond acceptors (Lipinski definition) is 4. The van der Waals surface area contributed by atoms with E-state index in [2.05, 4.69) is 4.74 Å². The van der Waals surface area contributed by atoms with Crippen LogP contribution in [0, 0.1) is 5.82 Å². The molecular weight excluding hydrogens is 265 g/mol. The predicted molar refractivity (Wildman–Crippen MR) is 67.6 cm³/mol. The van der Waals surface area contributed by atoms with E-state index in [9.17, 15) is 9.18 Å². The molecule has 0 aliphatic heterocycles. The van der Waals surface area contributed by atoms with E-state index in [1.54, 1.807) is 12.1 Å². The van der Waals surface area contributed by atoms with Crippen LogP contribution in [-0.2, 0) is 15.3 Å². The second-order valence-electron chi connectivity index (χ2n) is 3.36. The molecule has 17 heavy (non-hydrogen) atoms. The monoisotopic (exact) mass is 277 g/mol. The number of rotatable bonds is 5. The van der Waals surface area contributed by atoms with Crippen LogP contribution in [0.5, 0.6) is 0 Å². The molecule has 0 bridgehead atoms. The number of nitrogens with two attached hydrogens (primary N) is 1. The fourth-order valence-electron chi connectivity index (χ4n) is 1.18. The molecule has 0 amide bonds. The van der Waals surface area contributed by atoms with Crippen molar-refractivity contribution >= 4 is 29.3 Å². The number of carbonyl (C=O) groups excluding carboxylic acids is 1. The van der Waals surface area contributed by atoms with Gasteiger partial charge in [0.15, 0.2) is 0 Å². The summed E-state index contributed by atoms with van der Waals surface area (Å²) in [7, 11) is 1.29. The SMILES string of the molecule is COC(=O)C(N)CSCc1cccc(F)c1Cl. The van der Waals surface area contributed by atoms with Crippen LogP contribution in [0.15, 0.2) is 18.2 Å². The first-order valence-electron chi connectivity index (χ1n) is 4.90. The molecule has 94 valence electrons. The van der Waals surface area contributed by atoms with Gasteiger partial charge in [-0.2, -0.15) is 11.8 Å². The minimum absolute atomic E-state index is 0.117. The minimum atomic E-state index is -0.669. The van der Waals surface area contributed by atoms with Gasteiger partial charge >= 0.3 is 5.97 Å². The lowest BCUT2D eigenvalue weighted by Crippen LogP contribution is -2.33. The quantitative estimate of drug-likeness (QED) is 0.839. The molecule has 1 rings (SSSR count). The molecule has 0 aliphatic carbocycles. The summed E-state index contributed by atoms with van der Waals surface area (Å²) in [5.41, 5.74) is 6.25. The first-order chi connectivity index (χ1) is 8.06. The van der Waals surface area contributed by atoms with E-state index in [1.165, 1.54) is 24.9 Å². The van der Waals surface area contributed by atoms with Gasteiger partial charge in [0.1, 0.15) is 11.9 Å². The third kappa shape index (κ3) is 4.18. The van der Waals surface area contributed by atoms with Crippen LogP contribution in [0.2, 0.25) is 5.02 Å². The molecule has 1 aromatic rings. The van der Waals surface area contributed by atoms with Crippen molar-refractivity contribution in [1.29, 1.82) is 0 Å². The molecule has 0 radical (unpaired) electrons. The van der Waals surface area contributed by atoms with E-state index in [-0.39, 0.29) is 5.02 Å². The molecule has 0 aromatic heterocycles. The van der Waals surface area contributed by atoms with Gasteiger partial charge in [-0.1, -0.05) is 23.7 Å². The maximum absolute atomic E-state index is 13.1. The van der Waals surface area contributed by atoms with Crippen LogP contribution in [-0.4, -0.2) is 24.9 Å². The Morgan fingerprint density at radius 1 is 1.65 bits per heavy atom. The van der Waals surface area contributed by atoms with Crippen LogP contribution in [0.25, 0.3) is 0 Å². The average Bonchev–Trinajstić information content (AvgIpc) is 2.33. The lowest BCUT2D eigenvalue weighted by Gasteiger charge is -2.09. The molecule has 1 aromatic carbocycles. The molecule has 0 spiro atoms. The van der Waals surface area contributed by atoms with Gasteiger partial charge < -0.3 is 10.5 Å². The number of methoxy groups -OCH3 is 1. The number of carbonyl (C=O) groups is 1. The third-order valence-corrected chi connectivity index (χ3v) is 3.62. The normalized spacial score (nSPS) is 12.2. The average molecular weight is 278 g/mol. The van der Waals surface area contributed by atoms with Gasteiger partial charge in [0.05, 0.1) is 12.1 Å². The van der Waals surface area contributed by atoms with Gasteiger partial charge in [-0.05, 0) is 11.6 Å². The Labute approximate surface area is 108 Å². The van der Waals surface area contributed by atoms with Crippen LogP contribution < -0.4 is 5.73 Å². The highest BCUT2D eigenvalue weighted by molar-refractivity contribution is 7.98. The molecule has 2 N–H and O–H groups in total. The van der Waals surface area contributed by atoms with Crippen molar-refractivity contribution in [3.63, 3.8) is 0 Å². The summed E-state index contributed by atoms with van der Waals surface area (Å²) in [6.45, 7) is 0. The number of benzene rings is 1. The molecule has 1 unspecified atom stereocenters. The number of esters is 1. The lowest BCUT2D eigenvalue weighted by atomic mass is 10.2. The van der Waals surface area contributed by atoms with E-state index >= 15 is 0 Å². The van der Waals surface area contributed by atoms with Crippen molar-refractivity contribution in [2.45, 2.75) is 11.8 Å². The highest BCUT2D eigenvalue weighted by Crippen LogP contribution is 2.24. The van der Waals surface area contributed by atoms with Crippen LogP contribution in [0.1, 0.15) is 5.56 Å². The Kier molecular flexibility index (Phi) is 5.74. The highest BCUT2D eigenvalue weighted by atomic mass is 35.5. The van der Waals surface area contributed by atoms with Crippen LogP contribution in [0.3, 0.4) is 0 Å². The third-order valence-electron chi connectivity index (χ3n) is 2.09. The number of ether oxygens (including phenoxy) is 1. The summed E-state index contributed by atoms with van der Waals surface area (Å²) < 4.78 is 17.6. The fourth-order valence-corrected chi connectivity index (χ4v) is 2.42. The summed E-state index contributed by atoms with van der Waals surface area (Å²) in [5.74, 6) is 0.00531. The molecule has 0 aliphatic rings. The fraction of sp³-hybridized carbons (Fsp3) is 0.364. The largest absolute Gasteiger partial charge is 0.468 e. The van der Waals surface area contributed by atoms with E-state index in [1.807, 2.05) is 0 Å². The number of thioether (sulfide) groups is 1. The van der Waals surface area contributed by atoms with Crippen molar-refractivity contribution in [3.8, 4) is 0 Å². The maximum Gasteiger partial charge on any atom is 0.323 e. The predicted octanol–water partition coefficient (Wildman–Crippen LogP) is 2.21. The van der Waals surface area contributed by atoms with Crippen molar-refractivity contribution in [2.75, 3.05) is 12.9 Å². The minimum Gasteiger partial charge on any atom is -0.468 e. The molecular formula is C11H13ClFNO2S. The highest BCUT2D eigenvalue weighted by Gasteiger charge is 2.14. The van der Waals surface area contributed by atoms with Gasteiger partial charge in [-0.3, -0.25) is 4.79 Å². The van der Waals surface area contributed by atoms with Gasteiger partial charge in [0.25, 0.3) is 0 Å². The van der Waals surface area contributed by atoms with Gasteiger partial charge in [-0.25, -0.2) is 4.39 Å². The Morgan fingerprint density at radius 3 is 3.00 bits per heavy atom. The summed E-state index contributed by atoms with van der Waals surface area (Å²) in [5, 5.41) is 0.117. The zero-order valence-electron chi connectivity index (χ0n) is 9.28. The van der Waals surface area contributed by atoms with Crippen LogP contribution >= 0.6 is 23.4 Å². The molecule has 0 heterocycles. The van der Waals surface area contributed by atoms with Crippen molar-refractivity contribution in [1.82, 2.24) is 0 Å². The Hall–Kier alpha value is -0.780. The van der Waals surface area contributed by atoms with Crippen molar-refractivity contribution in [3.05, 3.63) is 34.6 Å². The summed E-state index contributed by atoms with van der Waals surface area (Å²) >= 11 is 7.19. The maximum atomic E-state index is 13.1. The molecule has 0 fully saturated rings. The number of halogens is 2. The molecule has 1 atom stereocenters. The lowest BCUT2D eigenvalue weighted by molar-refractivity contribution is -0.141. The molecule has 6 heteroatoms. The molecule has 0 saturated heterocycles. The van der Waals surface area contributed by atoms with E-state index in [0.717, 1.165) is 0 Å². The summed E-state index contributed by atoms with van der Waals surface area (Å²) in [6.07, 6.45) is 0. The van der Waals surface area contributed by atoms with Gasteiger partial charge in [0.2, 0.25) is 0 Å². The smallest absolute Gasteiger partial charge is 0.323 e. The zero-order valence-corrected chi connectivity index (χ0v) is 10.9. The van der Waals surface area contributed by atoms with E-state index in [0.29, 0.717) is 17.1 Å². The Bertz CT molecular complexity index is 403. The van der Waals surface area contributed by atoms with E-state index < -0.39 is 17.8 Å². The van der Waals surface area contributed by atoms with Crippen molar-refractivity contribution < 1.29 is 13.9 Å². The molecule has 0 saturated carbocycles. The van der Waals surface area contributed by atoms with Crippen molar-refractivity contribution in [2.24, 2.45) is 5.73 Å². The van der Waals surface area contributed by atoms with Gasteiger partial charge in [0, 0.05) is 11.5 Å². The van der Waals surface area contributed by atoms with Crippen LogP contribution in [0.4, 0.5) is 4.39 Å². The van der Waals surface area contributed by atoms with Gasteiger partial charge in [-0.15, -0.1) is 0 Å². The second kappa shape index (κ2) is 6.83. The Morgan fingerprint density at radius 2 is 2.35 bits per heavy atom. The zero-order chi connectivity index (χ0) is 12.8. The number of hydrogen-bond donors (Lipinski definition) is 1. The molecule has 3 nitrogen and oxygen atoms in total. The second-order valence-corrected chi connectivity index (χ2v) is 4.77. The summed E-state index contributed by atoms with van der Waals surface area (Å²) in [6, 6.07) is 3.97. The van der Waals surface area contributed by atoms with E-state index in [4.69, 9.17) is 17.3 Å². The first kappa shape index (κ1) is 14.3. The Balaban J connectivity index is 2.46.